The van der Waals surface area contributed by atoms with Gasteiger partial charge in [-0.05, 0) is 75.0 Å². The summed E-state index contributed by atoms with van der Waals surface area (Å²) in [7, 11) is 5.14. The number of allylic oxidation sites excluding steroid dienone is 2. The number of methoxy groups -OCH3 is 1. The summed E-state index contributed by atoms with van der Waals surface area (Å²) in [5, 5.41) is 9.74. The van der Waals surface area contributed by atoms with E-state index in [0.717, 1.165) is 30.4 Å². The molecule has 41 heavy (non-hydrogen) atoms. The molecule has 0 aliphatic heterocycles. The molecular formula is C31H37ClN4O5. The number of benzene rings is 1. The minimum absolute atomic E-state index is 0.0117. The molecule has 0 bridgehead atoms. The van der Waals surface area contributed by atoms with Crippen molar-refractivity contribution in [2.45, 2.75) is 63.6 Å². The van der Waals surface area contributed by atoms with Crippen LogP contribution in [0.3, 0.4) is 0 Å². The van der Waals surface area contributed by atoms with Crippen LogP contribution in [0.1, 0.15) is 57.4 Å². The third-order valence-corrected chi connectivity index (χ3v) is 8.97. The van der Waals surface area contributed by atoms with E-state index in [2.05, 4.69) is 9.97 Å². The zero-order valence-electron chi connectivity index (χ0n) is 23.9. The standard InChI is InChI=1S/C31H37ClN4O5/c1-18(19-13-15-31(40-4,16-14-19)29(39)36(2)3)41-30-33-25-17-24(32)26(34-27(25)35-30)22-9-5-20(6-10-22)21-7-11-23(12-8-21)28(37)38/h5-7,9-10,17-19,23H,8,11-16H2,1-4H3,(H,37,38)(H,33,34,35)/t18-,19?,23?,31?/m0/s1. The van der Waals surface area contributed by atoms with Gasteiger partial charge in [-0.3, -0.25) is 9.59 Å². The van der Waals surface area contributed by atoms with E-state index in [1.54, 1.807) is 26.1 Å². The van der Waals surface area contributed by atoms with Gasteiger partial charge >= 0.3 is 5.97 Å². The number of halogens is 1. The number of rotatable bonds is 8. The number of aromatic nitrogens is 3. The maximum absolute atomic E-state index is 12.7. The van der Waals surface area contributed by atoms with Crippen LogP contribution < -0.4 is 4.74 Å². The van der Waals surface area contributed by atoms with Gasteiger partial charge in [0, 0.05) is 26.8 Å². The third-order valence-electron chi connectivity index (χ3n) is 8.68. The first kappa shape index (κ1) is 29.1. The van der Waals surface area contributed by atoms with Gasteiger partial charge in [0.05, 0.1) is 22.2 Å². The summed E-state index contributed by atoms with van der Waals surface area (Å²) in [6, 6.07) is 10.2. The number of aromatic amines is 1. The predicted octanol–water partition coefficient (Wildman–Crippen LogP) is 5.98. The van der Waals surface area contributed by atoms with Crippen molar-refractivity contribution < 1.29 is 24.2 Å². The van der Waals surface area contributed by atoms with Crippen molar-refractivity contribution >= 4 is 40.2 Å². The van der Waals surface area contributed by atoms with Crippen molar-refractivity contribution in [2.24, 2.45) is 11.8 Å². The Labute approximate surface area is 244 Å². The Morgan fingerprint density at radius 1 is 1.12 bits per heavy atom. The van der Waals surface area contributed by atoms with Gasteiger partial charge in [-0.15, -0.1) is 0 Å². The molecule has 2 aromatic heterocycles. The zero-order valence-corrected chi connectivity index (χ0v) is 24.7. The van der Waals surface area contributed by atoms with E-state index in [9.17, 15) is 14.7 Å². The van der Waals surface area contributed by atoms with Crippen molar-refractivity contribution in [2.75, 3.05) is 21.2 Å². The molecule has 3 aromatic rings. The number of carbonyl (C=O) groups excluding carboxylic acids is 1. The molecule has 1 unspecified atom stereocenters. The normalized spacial score (nSPS) is 23.6. The van der Waals surface area contributed by atoms with Gasteiger partial charge in [0.25, 0.3) is 11.9 Å². The molecule has 2 heterocycles. The Morgan fingerprint density at radius 2 is 1.80 bits per heavy atom. The molecule has 0 radical (unpaired) electrons. The van der Waals surface area contributed by atoms with Gasteiger partial charge in [0.1, 0.15) is 11.7 Å². The molecule has 2 aliphatic rings. The van der Waals surface area contributed by atoms with E-state index in [1.807, 2.05) is 43.3 Å². The molecule has 10 heteroatoms. The van der Waals surface area contributed by atoms with Crippen molar-refractivity contribution in [3.05, 3.63) is 47.0 Å². The van der Waals surface area contributed by atoms with Gasteiger partial charge in [-0.25, -0.2) is 4.98 Å². The van der Waals surface area contributed by atoms with Gasteiger partial charge < -0.3 is 24.5 Å². The Morgan fingerprint density at radius 3 is 2.39 bits per heavy atom. The smallest absolute Gasteiger partial charge is 0.306 e. The molecule has 2 N–H and O–H groups in total. The highest BCUT2D eigenvalue weighted by atomic mass is 35.5. The quantitative estimate of drug-likeness (QED) is 0.336. The molecule has 0 spiro atoms. The second-order valence-electron chi connectivity index (χ2n) is 11.4. The lowest BCUT2D eigenvalue weighted by atomic mass is 9.76. The number of nitrogens with zero attached hydrogens (tertiary/aromatic N) is 3. The maximum atomic E-state index is 12.7. The number of hydrogen-bond acceptors (Lipinski definition) is 6. The van der Waals surface area contributed by atoms with Crippen LogP contribution in [0.25, 0.3) is 28.0 Å². The Balaban J connectivity index is 1.26. The van der Waals surface area contributed by atoms with Gasteiger partial charge in [0.2, 0.25) is 0 Å². The first-order valence-electron chi connectivity index (χ1n) is 14.1. The number of imidazole rings is 1. The van der Waals surface area contributed by atoms with E-state index in [0.29, 0.717) is 53.6 Å². The number of likely N-dealkylation sites (N-methyl/N-ethyl adjacent to an activating group) is 1. The summed E-state index contributed by atoms with van der Waals surface area (Å²) >= 11 is 6.64. The fourth-order valence-corrected chi connectivity index (χ4v) is 6.34. The lowest BCUT2D eigenvalue weighted by Crippen LogP contribution is -2.50. The molecule has 1 fully saturated rings. The van der Waals surface area contributed by atoms with Crippen LogP contribution in [0.5, 0.6) is 6.01 Å². The van der Waals surface area contributed by atoms with Gasteiger partial charge in [-0.2, -0.15) is 4.98 Å². The lowest BCUT2D eigenvalue weighted by Gasteiger charge is -2.40. The van der Waals surface area contributed by atoms with Crippen LogP contribution in [0.15, 0.2) is 36.4 Å². The largest absolute Gasteiger partial charge is 0.481 e. The average molecular weight is 581 g/mol. The van der Waals surface area contributed by atoms with Gasteiger partial charge in [0.15, 0.2) is 5.65 Å². The van der Waals surface area contributed by atoms with Crippen LogP contribution in [0.2, 0.25) is 5.02 Å². The van der Waals surface area contributed by atoms with Crippen LogP contribution in [0, 0.1) is 11.8 Å². The summed E-state index contributed by atoms with van der Waals surface area (Å²) < 4.78 is 11.9. The molecule has 218 valence electrons. The Hall–Kier alpha value is -3.43. The average Bonchev–Trinajstić information content (AvgIpc) is 3.37. The minimum Gasteiger partial charge on any atom is -0.481 e. The SMILES string of the molecule is COC1(C(=O)N(C)C)CCC([C@H](C)Oc2nc3nc(-c4ccc(C5=CCC(C(=O)O)CC5)cc4)c(Cl)cc3[nH]2)CC1. The predicted molar refractivity (Wildman–Crippen MR) is 158 cm³/mol. The first-order chi connectivity index (χ1) is 19.6. The molecule has 2 aliphatic carbocycles. The first-order valence-corrected chi connectivity index (χ1v) is 14.5. The summed E-state index contributed by atoms with van der Waals surface area (Å²) in [6.07, 6.45) is 6.82. The van der Waals surface area contributed by atoms with Crippen LogP contribution in [-0.4, -0.2) is 69.7 Å². The molecule has 9 nitrogen and oxygen atoms in total. The molecule has 2 atom stereocenters. The third kappa shape index (κ3) is 5.97. The van der Waals surface area contributed by atoms with E-state index in [-0.39, 0.29) is 23.8 Å². The molecule has 0 saturated heterocycles. The number of H-pyrrole nitrogens is 1. The monoisotopic (exact) mass is 580 g/mol. The topological polar surface area (TPSA) is 118 Å². The summed E-state index contributed by atoms with van der Waals surface area (Å²) in [4.78, 5) is 38.1. The van der Waals surface area contributed by atoms with Crippen LogP contribution in [0.4, 0.5) is 0 Å². The highest BCUT2D eigenvalue weighted by molar-refractivity contribution is 6.33. The fourth-order valence-electron chi connectivity index (χ4n) is 6.08. The molecule has 5 rings (SSSR count). The number of hydrogen-bond donors (Lipinski definition) is 2. The molecule has 1 aromatic carbocycles. The molecular weight excluding hydrogens is 544 g/mol. The minimum atomic E-state index is -0.759. The summed E-state index contributed by atoms with van der Waals surface area (Å²) in [5.74, 6) is -0.748. The number of carboxylic acid groups (broad SMARTS) is 1. The van der Waals surface area contributed by atoms with Gasteiger partial charge in [-0.1, -0.05) is 41.9 Å². The zero-order chi connectivity index (χ0) is 29.3. The number of carbonyl (C=O) groups is 2. The Kier molecular flexibility index (Phi) is 8.38. The van der Waals surface area contributed by atoms with E-state index in [4.69, 9.17) is 26.1 Å². The number of amides is 1. The number of ether oxygens (including phenoxy) is 2. The number of nitrogens with one attached hydrogen (secondary N) is 1. The number of aliphatic carboxylic acids is 1. The second kappa shape index (κ2) is 11.8. The molecule has 1 saturated carbocycles. The van der Waals surface area contributed by atoms with Crippen molar-refractivity contribution in [1.82, 2.24) is 19.9 Å². The fraction of sp³-hybridized carbons (Fsp3) is 0.484. The maximum Gasteiger partial charge on any atom is 0.306 e. The lowest BCUT2D eigenvalue weighted by molar-refractivity contribution is -0.158. The number of fused-ring (bicyclic) bond motifs is 1. The van der Waals surface area contributed by atoms with Crippen LogP contribution >= 0.6 is 11.6 Å². The van der Waals surface area contributed by atoms with Crippen molar-refractivity contribution in [3.63, 3.8) is 0 Å². The highest BCUT2D eigenvalue weighted by Crippen LogP contribution is 2.38. The number of pyridine rings is 1. The van der Waals surface area contributed by atoms with Crippen LogP contribution in [-0.2, 0) is 14.3 Å². The Bertz CT molecular complexity index is 1460. The van der Waals surface area contributed by atoms with Crippen molar-refractivity contribution in [3.8, 4) is 17.3 Å². The van der Waals surface area contributed by atoms with E-state index >= 15 is 0 Å². The van der Waals surface area contributed by atoms with E-state index in [1.165, 1.54) is 5.57 Å². The highest BCUT2D eigenvalue weighted by Gasteiger charge is 2.44. The van der Waals surface area contributed by atoms with E-state index < -0.39 is 11.6 Å². The second-order valence-corrected chi connectivity index (χ2v) is 11.8. The molecule has 1 amide bonds. The summed E-state index contributed by atoms with van der Waals surface area (Å²) in [5.41, 5.74) is 4.20. The van der Waals surface area contributed by atoms with Crippen molar-refractivity contribution in [1.29, 1.82) is 0 Å². The number of carboxylic acids is 1. The summed E-state index contributed by atoms with van der Waals surface area (Å²) in [6.45, 7) is 2.03.